The number of hydrogen-bond acceptors (Lipinski definition) is 3. The fourth-order valence-corrected chi connectivity index (χ4v) is 2.12. The first kappa shape index (κ1) is 14.5. The maximum Gasteiger partial charge on any atom is 0.237 e. The predicted octanol–water partition coefficient (Wildman–Crippen LogP) is 0.962. The zero-order valence-corrected chi connectivity index (χ0v) is 11.2. The van der Waals surface area contributed by atoms with Gasteiger partial charge in [0, 0.05) is 6.54 Å². The topological polar surface area (TPSA) is 58.4 Å². The van der Waals surface area contributed by atoms with E-state index in [9.17, 15) is 4.79 Å². The molecule has 17 heavy (non-hydrogen) atoms. The molecule has 1 aliphatic heterocycles. The van der Waals surface area contributed by atoms with Crippen LogP contribution in [0.2, 0.25) is 0 Å². The minimum Gasteiger partial charge on any atom is -0.355 e. The second-order valence-electron chi connectivity index (χ2n) is 5.32. The second kappa shape index (κ2) is 7.67. The number of nitrogens with zero attached hydrogens (tertiary/aromatic N) is 1. The van der Waals surface area contributed by atoms with Crippen molar-refractivity contribution in [1.82, 2.24) is 10.2 Å². The molecule has 1 aliphatic rings. The summed E-state index contributed by atoms with van der Waals surface area (Å²) in [7, 11) is 0. The van der Waals surface area contributed by atoms with E-state index < -0.39 is 0 Å². The van der Waals surface area contributed by atoms with Gasteiger partial charge in [-0.05, 0) is 44.8 Å². The quantitative estimate of drug-likeness (QED) is 0.681. The summed E-state index contributed by atoms with van der Waals surface area (Å²) >= 11 is 0. The van der Waals surface area contributed by atoms with Gasteiger partial charge in [0.05, 0.1) is 6.04 Å². The molecule has 0 saturated carbocycles. The molecule has 4 heteroatoms. The number of hydrogen-bond donors (Lipinski definition) is 2. The lowest BCUT2D eigenvalue weighted by atomic mass is 10.1. The van der Waals surface area contributed by atoms with Gasteiger partial charge in [-0.1, -0.05) is 20.3 Å². The largest absolute Gasteiger partial charge is 0.355 e. The summed E-state index contributed by atoms with van der Waals surface area (Å²) in [5.41, 5.74) is 5.76. The van der Waals surface area contributed by atoms with Gasteiger partial charge < -0.3 is 16.0 Å². The molecule has 0 aromatic heterocycles. The van der Waals surface area contributed by atoms with Crippen LogP contribution in [-0.4, -0.2) is 43.0 Å². The SMILES string of the molecule is CC(C)[C@H](N)C(=O)NCCCN1CCCCC1. The third kappa shape index (κ3) is 5.50. The maximum atomic E-state index is 11.6. The van der Waals surface area contributed by atoms with Crippen molar-refractivity contribution in [3.8, 4) is 0 Å². The summed E-state index contributed by atoms with van der Waals surface area (Å²) in [5.74, 6) is 0.190. The molecular weight excluding hydrogens is 214 g/mol. The van der Waals surface area contributed by atoms with Gasteiger partial charge in [0.2, 0.25) is 5.91 Å². The molecule has 1 fully saturated rings. The molecule has 1 saturated heterocycles. The van der Waals surface area contributed by atoms with Crippen LogP contribution >= 0.6 is 0 Å². The smallest absolute Gasteiger partial charge is 0.237 e. The highest BCUT2D eigenvalue weighted by molar-refractivity contribution is 5.81. The Morgan fingerprint density at radius 2 is 1.94 bits per heavy atom. The van der Waals surface area contributed by atoms with E-state index in [1.54, 1.807) is 0 Å². The lowest BCUT2D eigenvalue weighted by Gasteiger charge is -2.26. The Labute approximate surface area is 105 Å². The van der Waals surface area contributed by atoms with E-state index in [4.69, 9.17) is 5.73 Å². The van der Waals surface area contributed by atoms with E-state index in [0.717, 1.165) is 19.5 Å². The first-order chi connectivity index (χ1) is 8.11. The van der Waals surface area contributed by atoms with Gasteiger partial charge in [-0.15, -0.1) is 0 Å². The average molecular weight is 241 g/mol. The van der Waals surface area contributed by atoms with Crippen LogP contribution in [0.3, 0.4) is 0 Å². The van der Waals surface area contributed by atoms with E-state index in [-0.39, 0.29) is 17.9 Å². The number of likely N-dealkylation sites (tertiary alicyclic amines) is 1. The summed E-state index contributed by atoms with van der Waals surface area (Å²) in [6.45, 7) is 8.22. The molecular formula is C13H27N3O. The summed E-state index contributed by atoms with van der Waals surface area (Å²) in [5, 5.41) is 2.91. The van der Waals surface area contributed by atoms with Crippen molar-refractivity contribution in [2.75, 3.05) is 26.2 Å². The number of rotatable bonds is 6. The molecule has 0 unspecified atom stereocenters. The van der Waals surface area contributed by atoms with Crippen molar-refractivity contribution in [3.05, 3.63) is 0 Å². The molecule has 0 bridgehead atoms. The number of amides is 1. The Morgan fingerprint density at radius 1 is 1.29 bits per heavy atom. The van der Waals surface area contributed by atoms with Gasteiger partial charge >= 0.3 is 0 Å². The third-order valence-electron chi connectivity index (χ3n) is 3.42. The van der Waals surface area contributed by atoms with Crippen molar-refractivity contribution >= 4 is 5.91 Å². The highest BCUT2D eigenvalue weighted by Crippen LogP contribution is 2.08. The average Bonchev–Trinajstić information content (AvgIpc) is 2.34. The van der Waals surface area contributed by atoms with Crippen molar-refractivity contribution in [1.29, 1.82) is 0 Å². The lowest BCUT2D eigenvalue weighted by molar-refractivity contribution is -0.123. The molecule has 0 aromatic rings. The van der Waals surface area contributed by atoms with Gasteiger partial charge in [-0.25, -0.2) is 0 Å². The van der Waals surface area contributed by atoms with E-state index in [1.165, 1.54) is 32.4 Å². The van der Waals surface area contributed by atoms with Crippen LogP contribution in [0, 0.1) is 5.92 Å². The standard InChI is InChI=1S/C13H27N3O/c1-11(2)12(14)13(17)15-7-6-10-16-8-4-3-5-9-16/h11-12H,3-10,14H2,1-2H3,(H,15,17)/t12-/m0/s1. The van der Waals surface area contributed by atoms with Gasteiger partial charge in [0.15, 0.2) is 0 Å². The minimum absolute atomic E-state index is 0.0151. The van der Waals surface area contributed by atoms with Gasteiger partial charge in [0.25, 0.3) is 0 Å². The molecule has 1 heterocycles. The Morgan fingerprint density at radius 3 is 2.53 bits per heavy atom. The van der Waals surface area contributed by atoms with Gasteiger partial charge in [-0.2, -0.15) is 0 Å². The molecule has 0 spiro atoms. The van der Waals surface area contributed by atoms with Crippen LogP contribution < -0.4 is 11.1 Å². The molecule has 0 aliphatic carbocycles. The van der Waals surface area contributed by atoms with E-state index >= 15 is 0 Å². The summed E-state index contributed by atoms with van der Waals surface area (Å²) < 4.78 is 0. The van der Waals surface area contributed by atoms with Crippen LogP contribution in [0.5, 0.6) is 0 Å². The molecule has 4 nitrogen and oxygen atoms in total. The van der Waals surface area contributed by atoms with Gasteiger partial charge in [0.1, 0.15) is 0 Å². The molecule has 100 valence electrons. The molecule has 1 atom stereocenters. The van der Waals surface area contributed by atoms with Crippen LogP contribution in [0.25, 0.3) is 0 Å². The Bertz CT molecular complexity index is 225. The summed E-state index contributed by atoms with van der Waals surface area (Å²) in [4.78, 5) is 14.1. The van der Waals surface area contributed by atoms with E-state index in [0.29, 0.717) is 0 Å². The second-order valence-corrected chi connectivity index (χ2v) is 5.32. The van der Waals surface area contributed by atoms with Crippen LogP contribution in [0.1, 0.15) is 39.5 Å². The molecule has 1 rings (SSSR count). The number of nitrogens with one attached hydrogen (secondary N) is 1. The monoisotopic (exact) mass is 241 g/mol. The first-order valence-electron chi connectivity index (χ1n) is 6.87. The van der Waals surface area contributed by atoms with Crippen molar-refractivity contribution in [2.24, 2.45) is 11.7 Å². The van der Waals surface area contributed by atoms with Crippen molar-refractivity contribution in [2.45, 2.75) is 45.6 Å². The highest BCUT2D eigenvalue weighted by atomic mass is 16.2. The van der Waals surface area contributed by atoms with Gasteiger partial charge in [-0.3, -0.25) is 4.79 Å². The van der Waals surface area contributed by atoms with Crippen LogP contribution in [0.4, 0.5) is 0 Å². The van der Waals surface area contributed by atoms with Crippen molar-refractivity contribution in [3.63, 3.8) is 0 Å². The minimum atomic E-state index is -0.370. The predicted molar refractivity (Wildman–Crippen MR) is 70.7 cm³/mol. The summed E-state index contributed by atoms with van der Waals surface area (Å²) in [6, 6.07) is -0.370. The lowest BCUT2D eigenvalue weighted by Crippen LogP contribution is -2.44. The number of carbonyl (C=O) groups excluding carboxylic acids is 1. The van der Waals surface area contributed by atoms with E-state index in [2.05, 4.69) is 10.2 Å². The van der Waals surface area contributed by atoms with Crippen molar-refractivity contribution < 1.29 is 4.79 Å². The normalized spacial score (nSPS) is 19.3. The number of nitrogens with two attached hydrogens (primary N) is 1. The summed E-state index contributed by atoms with van der Waals surface area (Å²) in [6.07, 6.45) is 5.04. The maximum absolute atomic E-state index is 11.6. The Hall–Kier alpha value is -0.610. The first-order valence-corrected chi connectivity index (χ1v) is 6.87. The fourth-order valence-electron chi connectivity index (χ4n) is 2.12. The zero-order chi connectivity index (χ0) is 12.7. The fraction of sp³-hybridized carbons (Fsp3) is 0.923. The Kier molecular flexibility index (Phi) is 6.52. The number of piperidine rings is 1. The van der Waals surface area contributed by atoms with E-state index in [1.807, 2.05) is 13.8 Å². The van der Waals surface area contributed by atoms with Crippen LogP contribution in [-0.2, 0) is 4.79 Å². The molecule has 3 N–H and O–H groups in total. The van der Waals surface area contributed by atoms with Crippen LogP contribution in [0.15, 0.2) is 0 Å². The highest BCUT2D eigenvalue weighted by Gasteiger charge is 2.16. The third-order valence-corrected chi connectivity index (χ3v) is 3.42. The molecule has 1 amide bonds. The molecule has 0 radical (unpaired) electrons. The Balaban J connectivity index is 2.05. The molecule has 0 aromatic carbocycles. The zero-order valence-electron chi connectivity index (χ0n) is 11.2. The number of carbonyl (C=O) groups is 1.